The summed E-state index contributed by atoms with van der Waals surface area (Å²) in [5, 5.41) is 0. The monoisotopic (exact) mass is 319 g/mol. The molecule has 0 rings (SSSR count). The summed E-state index contributed by atoms with van der Waals surface area (Å²) in [5.41, 5.74) is 0. The average molecular weight is 320 g/mol. The van der Waals surface area contributed by atoms with Gasteiger partial charge < -0.3 is 0 Å². The third-order valence-electron chi connectivity index (χ3n) is 0. The van der Waals surface area contributed by atoms with Crippen LogP contribution in [0.3, 0.4) is 0 Å². The molecule has 0 aliphatic heterocycles. The van der Waals surface area contributed by atoms with Crippen LogP contribution in [-0.4, -0.2) is 28.3 Å². The van der Waals surface area contributed by atoms with Crippen LogP contribution in [0.4, 0.5) is 0 Å². The van der Waals surface area contributed by atoms with Crippen LogP contribution in [0.5, 0.6) is 0 Å². The molecule has 5 heteroatoms. The van der Waals surface area contributed by atoms with E-state index in [1.807, 2.05) is 0 Å². The summed E-state index contributed by atoms with van der Waals surface area (Å²) in [4.78, 5) is 0. The molecule has 0 aliphatic rings. The fraction of sp³-hybridized carbons (Fsp3) is 0. The zero-order valence-electron chi connectivity index (χ0n) is 1.26. The van der Waals surface area contributed by atoms with E-state index < -0.39 is 0 Å². The topological polar surface area (TPSA) is 0 Å². The first-order valence-corrected chi connectivity index (χ1v) is 0. The third-order valence-corrected chi connectivity index (χ3v) is 0. The first-order valence-electron chi connectivity index (χ1n) is 0. The SMILES string of the molecule is [AlH3].[Cu].[La].[Mn].[SiH4]. The van der Waals surface area contributed by atoms with Crippen LogP contribution < -0.4 is 0 Å². The molecule has 0 fully saturated rings. The van der Waals surface area contributed by atoms with Gasteiger partial charge in [-0.15, -0.1) is 0 Å². The maximum absolute atomic E-state index is 0. The van der Waals surface area contributed by atoms with Gasteiger partial charge >= 0.3 is 0 Å². The molecule has 0 aromatic heterocycles. The Balaban J connectivity index is 0. The molecule has 0 aromatic rings. The predicted molar refractivity (Wildman–Crippen MR) is 21.3 cm³/mol. The second-order valence-electron chi connectivity index (χ2n) is 0. The Hall–Kier alpha value is 2.98. The molecule has 0 atom stereocenters. The van der Waals surface area contributed by atoms with Crippen molar-refractivity contribution in [3.63, 3.8) is 0 Å². The quantitative estimate of drug-likeness (QED) is 0.428. The molecule has 0 spiro atoms. The van der Waals surface area contributed by atoms with Crippen molar-refractivity contribution in [3.8, 4) is 0 Å². The van der Waals surface area contributed by atoms with Crippen molar-refractivity contribution in [3.05, 3.63) is 0 Å². The summed E-state index contributed by atoms with van der Waals surface area (Å²) in [6.45, 7) is 0. The molecular weight excluding hydrogens is 312 g/mol. The first kappa shape index (κ1) is 43.7. The zero-order chi connectivity index (χ0) is 0. The second-order valence-corrected chi connectivity index (χ2v) is 0. The summed E-state index contributed by atoms with van der Waals surface area (Å²) in [6, 6.07) is 0. The molecule has 0 aromatic carbocycles. The normalized spacial score (nSPS) is 0. The van der Waals surface area contributed by atoms with Crippen LogP contribution in [-0.2, 0) is 34.1 Å². The summed E-state index contributed by atoms with van der Waals surface area (Å²) < 4.78 is 0. The van der Waals surface area contributed by atoms with Crippen LogP contribution in [0.2, 0.25) is 0 Å². The van der Waals surface area contributed by atoms with E-state index in [0.717, 1.165) is 0 Å². The molecule has 0 unspecified atom stereocenters. The Morgan fingerprint density at radius 3 is 1.00 bits per heavy atom. The largest absolute Gasteiger partial charge is 0.187 e. The molecule has 0 saturated carbocycles. The maximum atomic E-state index is 0. The Kier molecular flexibility index (Phi) is 246. The van der Waals surface area contributed by atoms with Gasteiger partial charge in [-0.25, -0.2) is 0 Å². The fourth-order valence-corrected chi connectivity index (χ4v) is 0. The van der Waals surface area contributed by atoms with E-state index in [2.05, 4.69) is 0 Å². The molecule has 0 bridgehead atoms. The Bertz CT molecular complexity index is 11.6. The van der Waals surface area contributed by atoms with Crippen molar-refractivity contribution < 1.29 is 69.7 Å². The van der Waals surface area contributed by atoms with Crippen molar-refractivity contribution in [1.82, 2.24) is 0 Å². The van der Waals surface area contributed by atoms with Crippen molar-refractivity contribution in [2.45, 2.75) is 0 Å². The number of hydrogen-bond acceptors (Lipinski definition) is 0. The smallest absolute Gasteiger partial charge is 0.0149 e. The summed E-state index contributed by atoms with van der Waals surface area (Å²) in [7, 11) is 0. The number of rotatable bonds is 0. The van der Waals surface area contributed by atoms with Crippen LogP contribution in [0.15, 0.2) is 0 Å². The molecule has 5 heavy (non-hydrogen) atoms. The Morgan fingerprint density at radius 1 is 1.00 bits per heavy atom. The molecule has 0 nitrogen and oxygen atoms in total. The van der Waals surface area contributed by atoms with E-state index in [1.165, 1.54) is 0 Å². The van der Waals surface area contributed by atoms with Gasteiger partial charge in [0.05, 0.1) is 0 Å². The van der Waals surface area contributed by atoms with Crippen LogP contribution in [0.1, 0.15) is 0 Å². The van der Waals surface area contributed by atoms with E-state index in [0.29, 0.717) is 0 Å². The molecule has 0 amide bonds. The van der Waals surface area contributed by atoms with E-state index in [4.69, 9.17) is 0 Å². The van der Waals surface area contributed by atoms with Crippen molar-refractivity contribution >= 4 is 28.3 Å². The van der Waals surface area contributed by atoms with E-state index >= 15 is 0 Å². The van der Waals surface area contributed by atoms with Crippen LogP contribution >= 0.6 is 0 Å². The Labute approximate surface area is 96.3 Å². The minimum absolute atomic E-state index is 0. The zero-order valence-corrected chi connectivity index (χ0v) is 7.00. The van der Waals surface area contributed by atoms with Crippen molar-refractivity contribution in [2.75, 3.05) is 0 Å². The number of hydrogen-bond donors (Lipinski definition) is 0. The first-order chi connectivity index (χ1) is 0. The third kappa shape index (κ3) is 19.5. The standard InChI is InChI=1S/Al.Cu.La.Mn.H4Si.3H/h;;;;1H4;;;. The summed E-state index contributed by atoms with van der Waals surface area (Å²) in [5.74, 6) is 0. The minimum atomic E-state index is 0. The summed E-state index contributed by atoms with van der Waals surface area (Å²) >= 11 is 0. The van der Waals surface area contributed by atoms with Gasteiger partial charge in [0.25, 0.3) is 0 Å². The van der Waals surface area contributed by atoms with Gasteiger partial charge in [-0.05, 0) is 11.0 Å². The maximum Gasteiger partial charge on any atom is 0.187 e. The molecule has 0 aliphatic carbocycles. The molecular formula is H7AlCuLaMnSi. The average Bonchev–Trinajstić information content (AvgIpc) is 0. The molecule has 3 radical (unpaired) electrons. The van der Waals surface area contributed by atoms with Crippen LogP contribution in [0.25, 0.3) is 0 Å². The minimum Gasteiger partial charge on any atom is -0.0149 e. The van der Waals surface area contributed by atoms with E-state index in [-0.39, 0.29) is 98.1 Å². The molecule has 0 N–H and O–H groups in total. The van der Waals surface area contributed by atoms with Gasteiger partial charge in [0, 0.05) is 69.7 Å². The second kappa shape index (κ2) is 28.1. The van der Waals surface area contributed by atoms with Gasteiger partial charge in [0.2, 0.25) is 0 Å². The van der Waals surface area contributed by atoms with Gasteiger partial charge in [-0.1, -0.05) is 0 Å². The van der Waals surface area contributed by atoms with Gasteiger partial charge in [-0.2, -0.15) is 0 Å². The van der Waals surface area contributed by atoms with Crippen molar-refractivity contribution in [2.24, 2.45) is 0 Å². The van der Waals surface area contributed by atoms with Gasteiger partial charge in [0.1, 0.15) is 0 Å². The van der Waals surface area contributed by atoms with E-state index in [9.17, 15) is 0 Å². The molecule has 0 heterocycles. The van der Waals surface area contributed by atoms with Gasteiger partial charge in [0.15, 0.2) is 17.4 Å². The van der Waals surface area contributed by atoms with Gasteiger partial charge in [-0.3, -0.25) is 0 Å². The van der Waals surface area contributed by atoms with E-state index in [1.54, 1.807) is 0 Å². The van der Waals surface area contributed by atoms with Crippen molar-refractivity contribution in [1.29, 1.82) is 0 Å². The fourth-order valence-electron chi connectivity index (χ4n) is 0. The molecule has 0 saturated heterocycles. The predicted octanol–water partition coefficient (Wildman–Crippen LogP) is -2.64. The summed E-state index contributed by atoms with van der Waals surface area (Å²) in [6.07, 6.45) is 0. The van der Waals surface area contributed by atoms with Crippen LogP contribution in [0, 0.1) is 35.6 Å². The molecule has 35 valence electrons. The Morgan fingerprint density at radius 2 is 1.00 bits per heavy atom.